The van der Waals surface area contributed by atoms with Gasteiger partial charge in [-0.25, -0.2) is 9.98 Å². The first kappa shape index (κ1) is 20.9. The van der Waals surface area contributed by atoms with Crippen LogP contribution in [0.3, 0.4) is 0 Å². The molecule has 1 aliphatic carbocycles. The molecule has 0 amide bonds. The Labute approximate surface area is 186 Å². The fourth-order valence-electron chi connectivity index (χ4n) is 3.21. The Kier molecular flexibility index (Phi) is 6.31. The minimum absolute atomic E-state index is 0.194. The minimum atomic E-state index is -0.194. The number of hydrogen-bond donors (Lipinski definition) is 4. The summed E-state index contributed by atoms with van der Waals surface area (Å²) in [5.74, 6) is -0.194. The number of carbonyl (C=O) groups excluding carboxylic acids is 1. The lowest BCUT2D eigenvalue weighted by Gasteiger charge is -2.15. The van der Waals surface area contributed by atoms with Crippen molar-refractivity contribution < 1.29 is 4.79 Å². The van der Waals surface area contributed by atoms with Crippen molar-refractivity contribution >= 4 is 34.2 Å². The number of nitrogens with two attached hydrogens (primary N) is 2. The fourth-order valence-corrected chi connectivity index (χ4v) is 3.21. The third-order valence-corrected chi connectivity index (χ3v) is 4.92. The molecule has 0 saturated carbocycles. The molecule has 1 aliphatic rings. The third kappa shape index (κ3) is 5.42. The van der Waals surface area contributed by atoms with Gasteiger partial charge >= 0.3 is 0 Å². The molecular formula is C24H25N7O. The summed E-state index contributed by atoms with van der Waals surface area (Å²) in [7, 11) is 0. The van der Waals surface area contributed by atoms with Crippen molar-refractivity contribution in [2.24, 2.45) is 10.7 Å². The van der Waals surface area contributed by atoms with Crippen LogP contribution in [0.4, 0.5) is 22.7 Å². The Hall–Kier alpha value is -4.33. The smallest absolute Gasteiger partial charge is 0.204 e. The molecule has 0 spiro atoms. The Bertz CT molecular complexity index is 1160. The normalized spacial score (nSPS) is 14.8. The molecule has 0 aliphatic heterocycles. The number of carbonyl (C=O) groups is 1. The summed E-state index contributed by atoms with van der Waals surface area (Å²) < 4.78 is 2.05. The number of aliphatic imine (C=N–C) groups is 1. The Morgan fingerprint density at radius 3 is 2.44 bits per heavy atom. The highest BCUT2D eigenvalue weighted by molar-refractivity contribution is 6.23. The zero-order chi connectivity index (χ0) is 22.3. The summed E-state index contributed by atoms with van der Waals surface area (Å²) in [5, 5.41) is 6.56. The van der Waals surface area contributed by atoms with Crippen molar-refractivity contribution in [3.8, 4) is 0 Å². The number of anilines is 3. The molecule has 0 unspecified atom stereocenters. The maximum Gasteiger partial charge on any atom is 0.204 e. The Morgan fingerprint density at radius 1 is 0.969 bits per heavy atom. The van der Waals surface area contributed by atoms with Gasteiger partial charge in [0.1, 0.15) is 0 Å². The van der Waals surface area contributed by atoms with Gasteiger partial charge in [-0.2, -0.15) is 0 Å². The standard InChI is InChI=1S/C24H25N7O/c25-17-2-4-19(5-3-17)29-22-15-23(24(32)14-21(22)26)30-20-8-6-18(7-9-20)28-10-1-12-31-13-11-27-16-31/h2-9,11,13-16,28,30H,1,10,12,25-26H2/b29-22+. The van der Waals surface area contributed by atoms with Crippen molar-refractivity contribution in [3.63, 3.8) is 0 Å². The number of aryl methyl sites for hydroxylation is 1. The highest BCUT2D eigenvalue weighted by atomic mass is 16.1. The molecule has 0 radical (unpaired) electrons. The van der Waals surface area contributed by atoms with Crippen LogP contribution in [-0.2, 0) is 11.3 Å². The number of rotatable bonds is 8. The highest BCUT2D eigenvalue weighted by Crippen LogP contribution is 2.20. The van der Waals surface area contributed by atoms with Crippen LogP contribution in [0.25, 0.3) is 0 Å². The van der Waals surface area contributed by atoms with Gasteiger partial charge in [0.25, 0.3) is 0 Å². The van der Waals surface area contributed by atoms with E-state index in [9.17, 15) is 4.79 Å². The van der Waals surface area contributed by atoms with Crippen LogP contribution in [-0.4, -0.2) is 27.6 Å². The first-order valence-electron chi connectivity index (χ1n) is 10.3. The second-order valence-corrected chi connectivity index (χ2v) is 7.39. The van der Waals surface area contributed by atoms with Gasteiger partial charge in [-0.3, -0.25) is 4.79 Å². The van der Waals surface area contributed by atoms with Gasteiger partial charge in [-0.05, 0) is 61.0 Å². The number of hydrogen-bond acceptors (Lipinski definition) is 7. The summed E-state index contributed by atoms with van der Waals surface area (Å²) in [4.78, 5) is 21.0. The highest BCUT2D eigenvalue weighted by Gasteiger charge is 2.17. The average molecular weight is 428 g/mol. The maximum absolute atomic E-state index is 12.4. The number of ketones is 1. The molecule has 32 heavy (non-hydrogen) atoms. The van der Waals surface area contributed by atoms with Crippen molar-refractivity contribution in [3.05, 3.63) is 90.8 Å². The quantitative estimate of drug-likeness (QED) is 0.248. The second kappa shape index (κ2) is 9.65. The molecule has 0 bridgehead atoms. The second-order valence-electron chi connectivity index (χ2n) is 7.39. The van der Waals surface area contributed by atoms with Crippen LogP contribution >= 0.6 is 0 Å². The van der Waals surface area contributed by atoms with Crippen molar-refractivity contribution in [2.75, 3.05) is 22.9 Å². The van der Waals surface area contributed by atoms with E-state index in [0.29, 0.717) is 28.5 Å². The molecule has 0 fully saturated rings. The Balaban J connectivity index is 1.37. The predicted octanol–water partition coefficient (Wildman–Crippen LogP) is 3.46. The van der Waals surface area contributed by atoms with Crippen molar-refractivity contribution in [1.29, 1.82) is 0 Å². The van der Waals surface area contributed by atoms with E-state index in [1.807, 2.05) is 36.8 Å². The SMILES string of the molecule is NC1=CC(=O)C(Nc2ccc(NCCCn3ccnc3)cc2)=C/C1=N\c1ccc(N)cc1. The third-order valence-electron chi connectivity index (χ3n) is 4.92. The maximum atomic E-state index is 12.4. The molecule has 1 heterocycles. The van der Waals surface area contributed by atoms with Crippen LogP contribution in [0.15, 0.2) is 95.8 Å². The number of nitrogen functional groups attached to an aromatic ring is 1. The number of allylic oxidation sites excluding steroid dienone is 2. The molecule has 2 aromatic carbocycles. The summed E-state index contributed by atoms with van der Waals surface area (Å²) >= 11 is 0. The van der Waals surface area contributed by atoms with Crippen LogP contribution in [0.1, 0.15) is 6.42 Å². The van der Waals surface area contributed by atoms with E-state index in [1.165, 1.54) is 6.08 Å². The molecule has 1 aromatic heterocycles. The van der Waals surface area contributed by atoms with Gasteiger partial charge in [0.15, 0.2) is 0 Å². The molecule has 8 heteroatoms. The van der Waals surface area contributed by atoms with Gasteiger partial charge < -0.3 is 26.7 Å². The Morgan fingerprint density at radius 2 is 1.72 bits per heavy atom. The lowest BCUT2D eigenvalue weighted by Crippen LogP contribution is -2.22. The minimum Gasteiger partial charge on any atom is -0.399 e. The number of nitrogens with zero attached hydrogens (tertiary/aromatic N) is 3. The average Bonchev–Trinajstić information content (AvgIpc) is 3.31. The van der Waals surface area contributed by atoms with Crippen LogP contribution in [0, 0.1) is 0 Å². The first-order valence-corrected chi connectivity index (χ1v) is 10.3. The lowest BCUT2D eigenvalue weighted by molar-refractivity contribution is -0.111. The van der Waals surface area contributed by atoms with Crippen LogP contribution in [0.2, 0.25) is 0 Å². The van der Waals surface area contributed by atoms with Crippen LogP contribution in [0.5, 0.6) is 0 Å². The fraction of sp³-hybridized carbons (Fsp3) is 0.125. The first-order chi connectivity index (χ1) is 15.6. The molecular weight excluding hydrogens is 402 g/mol. The van der Waals surface area contributed by atoms with E-state index < -0.39 is 0 Å². The van der Waals surface area contributed by atoms with E-state index in [2.05, 4.69) is 25.2 Å². The van der Waals surface area contributed by atoms with E-state index >= 15 is 0 Å². The molecule has 0 saturated heterocycles. The summed E-state index contributed by atoms with van der Waals surface area (Å²) in [6.07, 6.45) is 9.59. The summed E-state index contributed by atoms with van der Waals surface area (Å²) in [6.45, 7) is 1.77. The molecule has 6 N–H and O–H groups in total. The van der Waals surface area contributed by atoms with Gasteiger partial charge in [0, 0.05) is 48.6 Å². The zero-order valence-corrected chi connectivity index (χ0v) is 17.5. The van der Waals surface area contributed by atoms with Crippen LogP contribution < -0.4 is 22.1 Å². The molecule has 8 nitrogen and oxygen atoms in total. The van der Waals surface area contributed by atoms with Gasteiger partial charge in [-0.1, -0.05) is 0 Å². The van der Waals surface area contributed by atoms with Gasteiger partial charge in [-0.15, -0.1) is 0 Å². The monoisotopic (exact) mass is 427 g/mol. The number of imidazole rings is 1. The topological polar surface area (TPSA) is 123 Å². The van der Waals surface area contributed by atoms with E-state index in [0.717, 1.165) is 30.9 Å². The van der Waals surface area contributed by atoms with Gasteiger partial charge in [0.05, 0.1) is 29.1 Å². The zero-order valence-electron chi connectivity index (χ0n) is 17.5. The molecule has 162 valence electrons. The summed E-state index contributed by atoms with van der Waals surface area (Å²) in [5.41, 5.74) is 16.2. The predicted molar refractivity (Wildman–Crippen MR) is 129 cm³/mol. The lowest BCUT2D eigenvalue weighted by atomic mass is 10.1. The van der Waals surface area contributed by atoms with E-state index in [-0.39, 0.29) is 5.78 Å². The number of aromatic nitrogens is 2. The molecule has 4 rings (SSSR count). The number of benzene rings is 2. The van der Waals surface area contributed by atoms with Crippen molar-refractivity contribution in [1.82, 2.24) is 9.55 Å². The summed E-state index contributed by atoms with van der Waals surface area (Å²) in [6, 6.07) is 14.9. The van der Waals surface area contributed by atoms with Gasteiger partial charge in [0.2, 0.25) is 5.78 Å². The molecule has 3 aromatic rings. The van der Waals surface area contributed by atoms with E-state index in [4.69, 9.17) is 11.5 Å². The van der Waals surface area contributed by atoms with Crippen molar-refractivity contribution in [2.45, 2.75) is 13.0 Å². The van der Waals surface area contributed by atoms with E-state index in [1.54, 1.807) is 36.5 Å². The molecule has 0 atom stereocenters. The largest absolute Gasteiger partial charge is 0.399 e. The number of nitrogens with one attached hydrogen (secondary N) is 2.